The van der Waals surface area contributed by atoms with Crippen molar-refractivity contribution in [1.29, 1.82) is 0 Å². The van der Waals surface area contributed by atoms with Crippen molar-refractivity contribution in [2.45, 2.75) is 38.3 Å². The maximum absolute atomic E-state index is 13.3. The van der Waals surface area contributed by atoms with E-state index in [1.54, 1.807) is 19.3 Å². The van der Waals surface area contributed by atoms with E-state index in [1.165, 1.54) is 16.5 Å². The molecule has 17 nitrogen and oxygen atoms in total. The molecule has 4 aliphatic heterocycles. The van der Waals surface area contributed by atoms with Gasteiger partial charge in [0.1, 0.15) is 16.6 Å². The van der Waals surface area contributed by atoms with Gasteiger partial charge in [0.2, 0.25) is 17.8 Å². The molecule has 0 aliphatic carbocycles. The minimum atomic E-state index is -0.669. The number of nitrogens with one attached hydrogen (secondary N) is 3. The number of carbonyl (C=O) groups excluding carboxylic acids is 4. The lowest BCUT2D eigenvalue weighted by Crippen LogP contribution is -2.52. The van der Waals surface area contributed by atoms with Crippen LogP contribution in [0.4, 0.5) is 23.1 Å². The van der Waals surface area contributed by atoms with E-state index in [0.29, 0.717) is 45.9 Å². The summed E-state index contributed by atoms with van der Waals surface area (Å²) in [7, 11) is 3.16. The van der Waals surface area contributed by atoms with E-state index in [0.717, 1.165) is 80.7 Å². The average Bonchev–Trinajstić information content (AvgIpc) is 3.77. The number of ether oxygens (including phenoxy) is 1. The van der Waals surface area contributed by atoms with E-state index in [1.807, 2.05) is 30.3 Å². The number of halogens is 1. The van der Waals surface area contributed by atoms with Gasteiger partial charge in [-0.3, -0.25) is 34.2 Å². The number of carbonyl (C=O) groups is 4. The van der Waals surface area contributed by atoms with Gasteiger partial charge in [0.05, 0.1) is 18.3 Å². The number of fused-ring (bicyclic) bond motifs is 4. The third-order valence-corrected chi connectivity index (χ3v) is 12.4. The molecule has 0 saturated carbocycles. The molecule has 18 heteroatoms. The molecule has 3 fully saturated rings. The van der Waals surface area contributed by atoms with E-state index in [-0.39, 0.29) is 54.4 Å². The molecule has 5 aromatic rings. The van der Waals surface area contributed by atoms with Crippen LogP contribution in [0.1, 0.15) is 41.8 Å². The van der Waals surface area contributed by atoms with Crippen molar-refractivity contribution in [3.05, 3.63) is 75.4 Å². The zero-order valence-electron chi connectivity index (χ0n) is 33.3. The number of anilines is 4. The minimum absolute atomic E-state index is 0.0778. The maximum atomic E-state index is 13.3. The van der Waals surface area contributed by atoms with Gasteiger partial charge in [0, 0.05) is 100 Å². The Bertz CT molecular complexity index is 2600. The van der Waals surface area contributed by atoms with Crippen molar-refractivity contribution < 1.29 is 28.3 Å². The number of hydrogen-bond donors (Lipinski definition) is 3. The van der Waals surface area contributed by atoms with Crippen LogP contribution in [-0.4, -0.2) is 113 Å². The lowest BCUT2D eigenvalue weighted by atomic mass is 9.95. The zero-order chi connectivity index (χ0) is 41.7. The summed E-state index contributed by atoms with van der Waals surface area (Å²) in [5.41, 5.74) is 3.61. The number of hydrogen-bond acceptors (Lipinski definition) is 13. The Morgan fingerprint density at radius 2 is 1.78 bits per heavy atom. The molecular formula is C42H45ClN10O7. The minimum Gasteiger partial charge on any atom is -0.478 e. The Labute approximate surface area is 349 Å². The van der Waals surface area contributed by atoms with Gasteiger partial charge >= 0.3 is 0 Å². The number of piperazine rings is 1. The molecule has 1 unspecified atom stereocenters. The summed E-state index contributed by atoms with van der Waals surface area (Å²) in [6.45, 7) is 6.25. The highest BCUT2D eigenvalue weighted by molar-refractivity contribution is 6.33. The van der Waals surface area contributed by atoms with Gasteiger partial charge in [0.25, 0.3) is 17.4 Å². The first-order valence-corrected chi connectivity index (χ1v) is 20.6. The van der Waals surface area contributed by atoms with Crippen LogP contribution in [0.3, 0.4) is 0 Å². The van der Waals surface area contributed by atoms with Crippen molar-refractivity contribution in [2.24, 2.45) is 13.0 Å². The summed E-state index contributed by atoms with van der Waals surface area (Å²) >= 11 is 6.56. The van der Waals surface area contributed by atoms with Gasteiger partial charge < -0.3 is 39.1 Å². The number of nitrogens with zero attached hydrogens (tertiary/aromatic N) is 7. The Morgan fingerprint density at radius 3 is 2.55 bits per heavy atom. The van der Waals surface area contributed by atoms with Crippen LogP contribution >= 0.6 is 11.6 Å². The van der Waals surface area contributed by atoms with E-state index >= 15 is 0 Å². The van der Waals surface area contributed by atoms with Crippen LogP contribution < -0.4 is 36.0 Å². The van der Waals surface area contributed by atoms with Crippen LogP contribution in [0.2, 0.25) is 5.02 Å². The summed E-state index contributed by atoms with van der Waals surface area (Å²) < 4.78 is 13.1. The maximum Gasteiger partial charge on any atom is 0.293 e. The number of pyridine rings is 1. The SMILES string of the molecule is CNC(=O)COc1cc2cc(Nc3nc(N4CCN(CC5CCN(c6ccc7c8c(oc7c6)C(=O)N(C6CCC(=O)NC6=O)C8)CC5)CC4)ncc3Cl)ccc2n(C)c1=O. The quantitative estimate of drug-likeness (QED) is 0.174. The second-order valence-corrected chi connectivity index (χ2v) is 16.2. The molecule has 3 saturated heterocycles. The van der Waals surface area contributed by atoms with Gasteiger partial charge in [-0.25, -0.2) is 4.98 Å². The molecule has 3 aromatic heterocycles. The van der Waals surface area contributed by atoms with Gasteiger partial charge in [-0.05, 0) is 61.6 Å². The monoisotopic (exact) mass is 836 g/mol. The van der Waals surface area contributed by atoms with Gasteiger partial charge in [-0.1, -0.05) is 11.6 Å². The molecule has 9 rings (SSSR count). The predicted octanol–water partition coefficient (Wildman–Crippen LogP) is 3.40. The highest BCUT2D eigenvalue weighted by Crippen LogP contribution is 2.38. The van der Waals surface area contributed by atoms with Crippen molar-refractivity contribution in [3.8, 4) is 5.75 Å². The Kier molecular flexibility index (Phi) is 10.5. The number of amides is 4. The molecule has 7 heterocycles. The van der Waals surface area contributed by atoms with Crippen LogP contribution in [0.15, 0.2) is 57.9 Å². The zero-order valence-corrected chi connectivity index (χ0v) is 34.1. The fourth-order valence-electron chi connectivity index (χ4n) is 8.72. The normalized spacial score (nSPS) is 18.9. The van der Waals surface area contributed by atoms with Crippen LogP contribution in [0.25, 0.3) is 21.9 Å². The standard InChI is InChI=1S/C42H45ClN10O7/c1-44-36(55)23-59-34-18-25-17-26(3-6-31(25)49(2)40(34)57)46-38-30(43)20-45-42(48-38)52-15-13-50(14-16-52)21-24-9-11-51(12-10-24)27-4-5-28-29-22-53(32-7-8-35(54)47-39(32)56)41(58)37(29)60-33(28)19-27/h3-6,17-20,24,32H,7-16,21-23H2,1-2H3,(H,44,55)(H,45,46,48)(H,47,54,56). The fraction of sp³-hybridized carbons (Fsp3) is 0.405. The lowest BCUT2D eigenvalue weighted by Gasteiger charge is -2.39. The molecule has 4 aliphatic rings. The molecule has 3 N–H and O–H groups in total. The summed E-state index contributed by atoms with van der Waals surface area (Å²) in [5.74, 6) is 0.616. The van der Waals surface area contributed by atoms with E-state index in [9.17, 15) is 24.0 Å². The first-order valence-electron chi connectivity index (χ1n) is 20.2. The van der Waals surface area contributed by atoms with Gasteiger partial charge in [-0.15, -0.1) is 0 Å². The number of aryl methyl sites for hydroxylation is 1. The van der Waals surface area contributed by atoms with Crippen LogP contribution in [-0.2, 0) is 28.0 Å². The second kappa shape index (κ2) is 16.1. The second-order valence-electron chi connectivity index (χ2n) is 15.8. The first-order chi connectivity index (χ1) is 29.0. The molecular weight excluding hydrogens is 792 g/mol. The Balaban J connectivity index is 0.774. The van der Waals surface area contributed by atoms with Gasteiger partial charge in [0.15, 0.2) is 23.9 Å². The number of piperidine rings is 2. The number of furan rings is 1. The topological polar surface area (TPSA) is 187 Å². The van der Waals surface area contributed by atoms with Crippen molar-refractivity contribution in [3.63, 3.8) is 0 Å². The van der Waals surface area contributed by atoms with Crippen LogP contribution in [0, 0.1) is 5.92 Å². The lowest BCUT2D eigenvalue weighted by molar-refractivity contribution is -0.137. The molecule has 312 valence electrons. The number of benzene rings is 2. The highest BCUT2D eigenvalue weighted by atomic mass is 35.5. The summed E-state index contributed by atoms with van der Waals surface area (Å²) in [6.07, 6.45) is 4.27. The fourth-order valence-corrected chi connectivity index (χ4v) is 8.86. The van der Waals surface area contributed by atoms with E-state index < -0.39 is 11.9 Å². The third-order valence-electron chi connectivity index (χ3n) is 12.1. The summed E-state index contributed by atoms with van der Waals surface area (Å²) in [5, 5.41) is 10.1. The van der Waals surface area contributed by atoms with Gasteiger partial charge in [-0.2, -0.15) is 4.98 Å². The van der Waals surface area contributed by atoms with Crippen molar-refractivity contribution in [2.75, 3.05) is 74.6 Å². The summed E-state index contributed by atoms with van der Waals surface area (Å²) in [4.78, 5) is 79.8. The molecule has 2 aromatic carbocycles. The first kappa shape index (κ1) is 39.3. The smallest absolute Gasteiger partial charge is 0.293 e. The van der Waals surface area contributed by atoms with E-state index in [4.69, 9.17) is 25.7 Å². The third kappa shape index (κ3) is 7.58. The Morgan fingerprint density at radius 1 is 0.983 bits per heavy atom. The number of imide groups is 1. The molecule has 0 spiro atoms. The summed E-state index contributed by atoms with van der Waals surface area (Å²) in [6, 6.07) is 12.6. The number of rotatable bonds is 10. The Hall–Kier alpha value is -6.20. The van der Waals surface area contributed by atoms with Crippen molar-refractivity contribution >= 4 is 80.2 Å². The van der Waals surface area contributed by atoms with Crippen molar-refractivity contribution in [1.82, 2.24) is 35.0 Å². The molecule has 4 amide bonds. The predicted molar refractivity (Wildman–Crippen MR) is 225 cm³/mol. The molecule has 0 radical (unpaired) electrons. The highest BCUT2D eigenvalue weighted by Gasteiger charge is 2.42. The average molecular weight is 837 g/mol. The largest absolute Gasteiger partial charge is 0.478 e. The number of aromatic nitrogens is 3. The van der Waals surface area contributed by atoms with Crippen LogP contribution in [0.5, 0.6) is 5.75 Å². The number of likely N-dealkylation sites (N-methyl/N-ethyl adjacent to an activating group) is 1. The molecule has 0 bridgehead atoms. The molecule has 1 atom stereocenters. The van der Waals surface area contributed by atoms with E-state index in [2.05, 4.69) is 41.7 Å². The molecule has 60 heavy (non-hydrogen) atoms.